The van der Waals surface area contributed by atoms with Gasteiger partial charge < -0.3 is 9.64 Å². The Morgan fingerprint density at radius 3 is 2.73 bits per heavy atom. The van der Waals surface area contributed by atoms with E-state index in [1.54, 1.807) is 6.20 Å². The van der Waals surface area contributed by atoms with Gasteiger partial charge in [0.25, 0.3) is 0 Å². The third-order valence-corrected chi connectivity index (χ3v) is 5.37. The fourth-order valence-electron chi connectivity index (χ4n) is 4.11. The second-order valence-corrected chi connectivity index (χ2v) is 6.70. The molecule has 1 saturated carbocycles. The number of nitrogens with zero attached hydrogens (tertiary/aromatic N) is 2. The van der Waals surface area contributed by atoms with Gasteiger partial charge in [-0.05, 0) is 37.8 Å². The standard InChI is InChI=1S/C17H20N2O3/c20-15-9-13(17(22-15)6-2-3-7-17)16(21)19-10-12(11-19)14-5-1-4-8-18-14/h1,4-5,8,12-13H,2-3,6-7,9-11H2. The van der Waals surface area contributed by atoms with Gasteiger partial charge in [0, 0.05) is 30.9 Å². The molecule has 2 aliphatic heterocycles. The summed E-state index contributed by atoms with van der Waals surface area (Å²) in [6.07, 6.45) is 5.82. The summed E-state index contributed by atoms with van der Waals surface area (Å²) in [6, 6.07) is 5.88. The number of amides is 1. The van der Waals surface area contributed by atoms with Crippen molar-refractivity contribution < 1.29 is 14.3 Å². The lowest BCUT2D eigenvalue weighted by atomic mass is 9.83. The van der Waals surface area contributed by atoms with Crippen LogP contribution in [0.2, 0.25) is 0 Å². The summed E-state index contributed by atoms with van der Waals surface area (Å²) in [4.78, 5) is 30.7. The van der Waals surface area contributed by atoms with E-state index in [9.17, 15) is 9.59 Å². The number of aromatic nitrogens is 1. The first-order chi connectivity index (χ1) is 10.7. The number of hydrogen-bond acceptors (Lipinski definition) is 4. The summed E-state index contributed by atoms with van der Waals surface area (Å²) in [5.74, 6) is -0.0585. The molecule has 5 heteroatoms. The molecule has 0 N–H and O–H groups in total. The highest BCUT2D eigenvalue weighted by Crippen LogP contribution is 2.47. The molecular formula is C17H20N2O3. The minimum atomic E-state index is -0.496. The number of carbonyl (C=O) groups excluding carboxylic acids is 2. The molecule has 1 aliphatic carbocycles. The number of likely N-dealkylation sites (tertiary alicyclic amines) is 1. The molecular weight excluding hydrogens is 280 g/mol. The Bertz CT molecular complexity index is 589. The Morgan fingerprint density at radius 1 is 1.27 bits per heavy atom. The summed E-state index contributed by atoms with van der Waals surface area (Å²) >= 11 is 0. The Balaban J connectivity index is 1.44. The van der Waals surface area contributed by atoms with Crippen LogP contribution < -0.4 is 0 Å². The first-order valence-electron chi connectivity index (χ1n) is 8.09. The molecule has 4 rings (SSSR count). The molecule has 3 heterocycles. The van der Waals surface area contributed by atoms with E-state index in [4.69, 9.17) is 4.74 Å². The van der Waals surface area contributed by atoms with Crippen LogP contribution in [0.1, 0.15) is 43.7 Å². The molecule has 116 valence electrons. The van der Waals surface area contributed by atoms with Crippen molar-refractivity contribution in [2.45, 2.75) is 43.6 Å². The predicted octanol–water partition coefficient (Wildman–Crippen LogP) is 1.88. The zero-order chi connectivity index (χ0) is 15.2. The molecule has 1 aromatic heterocycles. The van der Waals surface area contributed by atoms with Crippen molar-refractivity contribution in [2.24, 2.45) is 5.92 Å². The van der Waals surface area contributed by atoms with Gasteiger partial charge in [0.2, 0.25) is 5.91 Å². The van der Waals surface area contributed by atoms with Crippen LogP contribution in [-0.4, -0.2) is 40.5 Å². The van der Waals surface area contributed by atoms with Gasteiger partial charge in [-0.25, -0.2) is 0 Å². The lowest BCUT2D eigenvalue weighted by molar-refractivity contribution is -0.153. The van der Waals surface area contributed by atoms with Crippen molar-refractivity contribution in [3.63, 3.8) is 0 Å². The Kier molecular flexibility index (Phi) is 3.17. The molecule has 1 atom stereocenters. The van der Waals surface area contributed by atoms with Gasteiger partial charge in [-0.15, -0.1) is 0 Å². The van der Waals surface area contributed by atoms with Gasteiger partial charge in [0.05, 0.1) is 12.3 Å². The van der Waals surface area contributed by atoms with E-state index in [0.717, 1.165) is 31.4 Å². The Morgan fingerprint density at radius 2 is 2.05 bits per heavy atom. The van der Waals surface area contributed by atoms with Crippen LogP contribution in [0, 0.1) is 5.92 Å². The topological polar surface area (TPSA) is 59.5 Å². The van der Waals surface area contributed by atoms with Crippen molar-refractivity contribution in [3.8, 4) is 0 Å². The molecule has 1 unspecified atom stereocenters. The van der Waals surface area contributed by atoms with Crippen molar-refractivity contribution in [2.75, 3.05) is 13.1 Å². The highest BCUT2D eigenvalue weighted by molar-refractivity contribution is 5.88. The van der Waals surface area contributed by atoms with E-state index in [1.807, 2.05) is 23.1 Å². The van der Waals surface area contributed by atoms with Crippen LogP contribution in [0.25, 0.3) is 0 Å². The van der Waals surface area contributed by atoms with Crippen LogP contribution in [0.15, 0.2) is 24.4 Å². The van der Waals surface area contributed by atoms with Crippen molar-refractivity contribution in [1.82, 2.24) is 9.88 Å². The molecule has 1 amide bonds. The summed E-state index contributed by atoms with van der Waals surface area (Å²) in [5, 5.41) is 0. The quantitative estimate of drug-likeness (QED) is 0.783. The van der Waals surface area contributed by atoms with Gasteiger partial charge in [-0.3, -0.25) is 14.6 Å². The predicted molar refractivity (Wildman–Crippen MR) is 79.0 cm³/mol. The van der Waals surface area contributed by atoms with Gasteiger partial charge in [-0.1, -0.05) is 6.07 Å². The maximum absolute atomic E-state index is 12.8. The van der Waals surface area contributed by atoms with Crippen LogP contribution in [-0.2, 0) is 14.3 Å². The minimum absolute atomic E-state index is 0.0972. The van der Waals surface area contributed by atoms with Crippen molar-refractivity contribution >= 4 is 11.9 Å². The average molecular weight is 300 g/mol. The summed E-state index contributed by atoms with van der Waals surface area (Å²) in [6.45, 7) is 1.41. The largest absolute Gasteiger partial charge is 0.458 e. The van der Waals surface area contributed by atoms with E-state index in [1.165, 1.54) is 0 Å². The molecule has 1 aromatic rings. The van der Waals surface area contributed by atoms with E-state index >= 15 is 0 Å². The molecule has 3 aliphatic rings. The second kappa shape index (κ2) is 5.07. The minimum Gasteiger partial charge on any atom is -0.458 e. The molecule has 5 nitrogen and oxygen atoms in total. The fourth-order valence-corrected chi connectivity index (χ4v) is 4.11. The molecule has 1 spiro atoms. The lowest BCUT2D eigenvalue weighted by Crippen LogP contribution is -2.54. The number of esters is 1. The molecule has 0 radical (unpaired) electrons. The number of pyridine rings is 1. The zero-order valence-corrected chi connectivity index (χ0v) is 12.5. The monoisotopic (exact) mass is 300 g/mol. The highest BCUT2D eigenvalue weighted by Gasteiger charge is 2.55. The Labute approximate surface area is 129 Å². The number of rotatable bonds is 2. The number of ether oxygens (including phenoxy) is 1. The van der Waals surface area contributed by atoms with Crippen molar-refractivity contribution in [1.29, 1.82) is 0 Å². The van der Waals surface area contributed by atoms with Gasteiger partial charge >= 0.3 is 5.97 Å². The maximum atomic E-state index is 12.8. The van der Waals surface area contributed by atoms with Gasteiger partial charge in [-0.2, -0.15) is 0 Å². The molecule has 0 bridgehead atoms. The third-order valence-electron chi connectivity index (χ3n) is 5.37. The Hall–Kier alpha value is -1.91. The normalized spacial score (nSPS) is 27.0. The van der Waals surface area contributed by atoms with Gasteiger partial charge in [0.15, 0.2) is 0 Å². The third kappa shape index (κ3) is 2.11. The fraction of sp³-hybridized carbons (Fsp3) is 0.588. The molecule has 0 aromatic carbocycles. The van der Waals surface area contributed by atoms with Crippen LogP contribution in [0.3, 0.4) is 0 Å². The SMILES string of the molecule is O=C1CC(C(=O)N2CC(c3ccccn3)C2)C2(CCCC2)O1. The van der Waals surface area contributed by atoms with E-state index in [2.05, 4.69) is 4.98 Å². The first-order valence-corrected chi connectivity index (χ1v) is 8.09. The zero-order valence-electron chi connectivity index (χ0n) is 12.5. The molecule has 2 saturated heterocycles. The van der Waals surface area contributed by atoms with Crippen molar-refractivity contribution in [3.05, 3.63) is 30.1 Å². The maximum Gasteiger partial charge on any atom is 0.307 e. The van der Waals surface area contributed by atoms with E-state index in [0.29, 0.717) is 19.0 Å². The highest BCUT2D eigenvalue weighted by atomic mass is 16.6. The van der Waals surface area contributed by atoms with Crippen LogP contribution in [0.4, 0.5) is 0 Å². The smallest absolute Gasteiger partial charge is 0.307 e. The van der Waals surface area contributed by atoms with E-state index in [-0.39, 0.29) is 24.2 Å². The lowest BCUT2D eigenvalue weighted by Gasteiger charge is -2.42. The average Bonchev–Trinajstić information content (AvgIpc) is 3.06. The number of hydrogen-bond donors (Lipinski definition) is 0. The summed E-state index contributed by atoms with van der Waals surface area (Å²) in [5.41, 5.74) is 0.547. The van der Waals surface area contributed by atoms with Crippen LogP contribution in [0.5, 0.6) is 0 Å². The molecule has 3 fully saturated rings. The van der Waals surface area contributed by atoms with E-state index < -0.39 is 5.60 Å². The first kappa shape index (κ1) is 13.7. The summed E-state index contributed by atoms with van der Waals surface area (Å²) in [7, 11) is 0. The second-order valence-electron chi connectivity index (χ2n) is 6.70. The van der Waals surface area contributed by atoms with Gasteiger partial charge in [0.1, 0.15) is 5.60 Å². The van der Waals surface area contributed by atoms with Crippen LogP contribution >= 0.6 is 0 Å². The number of carbonyl (C=O) groups is 2. The summed E-state index contributed by atoms with van der Waals surface area (Å²) < 4.78 is 5.57. The molecule has 22 heavy (non-hydrogen) atoms.